The number of sulfonamides is 1. The average Bonchev–Trinajstić information content (AvgIpc) is 2.90. The van der Waals surface area contributed by atoms with Crippen molar-refractivity contribution in [2.75, 3.05) is 26.2 Å². The predicted octanol–water partition coefficient (Wildman–Crippen LogP) is 1.37. The van der Waals surface area contributed by atoms with Gasteiger partial charge in [-0.15, -0.1) is 0 Å². The number of nitrogens with zero attached hydrogens (tertiary/aromatic N) is 5. The third-order valence-electron chi connectivity index (χ3n) is 4.57. The molecule has 1 aromatic heterocycles. The van der Waals surface area contributed by atoms with E-state index >= 15 is 0 Å². The van der Waals surface area contributed by atoms with Crippen LogP contribution in [0.1, 0.15) is 11.4 Å². The molecule has 0 spiro atoms. The van der Waals surface area contributed by atoms with Crippen LogP contribution in [0.25, 0.3) is 0 Å². The molecular weight excluding hydrogens is 358 g/mol. The largest absolute Gasteiger partial charge is 0.312 e. The van der Waals surface area contributed by atoms with E-state index in [0.29, 0.717) is 49.1 Å². The fourth-order valence-electron chi connectivity index (χ4n) is 3.13. The predicted molar refractivity (Wildman–Crippen MR) is 95.1 cm³/mol. The van der Waals surface area contributed by atoms with Gasteiger partial charge in [-0.05, 0) is 26.0 Å². The number of nitro groups is 1. The van der Waals surface area contributed by atoms with Crippen molar-refractivity contribution in [3.63, 3.8) is 0 Å². The molecule has 10 heteroatoms. The Morgan fingerprint density at radius 1 is 1.12 bits per heavy atom. The second-order valence-corrected chi connectivity index (χ2v) is 8.19. The molecule has 0 unspecified atom stereocenters. The van der Waals surface area contributed by atoms with Crippen molar-refractivity contribution >= 4 is 15.7 Å². The van der Waals surface area contributed by atoms with E-state index in [1.165, 1.54) is 4.31 Å². The van der Waals surface area contributed by atoms with E-state index in [4.69, 9.17) is 0 Å². The molecule has 0 atom stereocenters. The normalized spacial score (nSPS) is 16.7. The zero-order valence-corrected chi connectivity index (χ0v) is 15.5. The Kier molecular flexibility index (Phi) is 5.08. The lowest BCUT2D eigenvalue weighted by Gasteiger charge is -2.33. The van der Waals surface area contributed by atoms with Crippen LogP contribution in [0.4, 0.5) is 5.69 Å². The summed E-state index contributed by atoms with van der Waals surface area (Å²) in [4.78, 5) is 13.0. The molecule has 0 bridgehead atoms. The van der Waals surface area contributed by atoms with E-state index in [9.17, 15) is 18.5 Å². The van der Waals surface area contributed by atoms with Crippen LogP contribution in [-0.4, -0.2) is 58.5 Å². The Bertz CT molecular complexity index is 902. The first-order valence-electron chi connectivity index (χ1n) is 8.26. The highest BCUT2D eigenvalue weighted by atomic mass is 32.2. The van der Waals surface area contributed by atoms with Crippen LogP contribution in [0.2, 0.25) is 0 Å². The summed E-state index contributed by atoms with van der Waals surface area (Å²) < 4.78 is 28.4. The molecule has 3 rings (SSSR count). The molecule has 140 valence electrons. The van der Waals surface area contributed by atoms with Gasteiger partial charge in [-0.1, -0.05) is 18.2 Å². The van der Waals surface area contributed by atoms with Gasteiger partial charge in [0, 0.05) is 26.2 Å². The van der Waals surface area contributed by atoms with Crippen molar-refractivity contribution in [1.29, 1.82) is 0 Å². The van der Waals surface area contributed by atoms with E-state index in [0.717, 1.165) is 0 Å². The Hall–Kier alpha value is -2.30. The van der Waals surface area contributed by atoms with Gasteiger partial charge < -0.3 is 0 Å². The van der Waals surface area contributed by atoms with Gasteiger partial charge in [0.25, 0.3) is 0 Å². The maximum atomic E-state index is 12.6. The fourth-order valence-corrected chi connectivity index (χ4v) is 4.57. The summed E-state index contributed by atoms with van der Waals surface area (Å²) >= 11 is 0. The minimum absolute atomic E-state index is 0.0373. The van der Waals surface area contributed by atoms with E-state index < -0.39 is 14.9 Å². The van der Waals surface area contributed by atoms with Crippen LogP contribution in [0.5, 0.6) is 0 Å². The molecule has 1 saturated heterocycles. The topological polar surface area (TPSA) is 102 Å². The lowest BCUT2D eigenvalue weighted by molar-refractivity contribution is -0.386. The first-order chi connectivity index (χ1) is 12.3. The van der Waals surface area contributed by atoms with Gasteiger partial charge in [-0.25, -0.2) is 13.1 Å². The average molecular weight is 379 g/mol. The van der Waals surface area contributed by atoms with Crippen molar-refractivity contribution in [3.8, 4) is 0 Å². The molecule has 1 aliphatic rings. The lowest BCUT2D eigenvalue weighted by atomic mass is 10.3. The van der Waals surface area contributed by atoms with Gasteiger partial charge in [0.2, 0.25) is 10.0 Å². The first-order valence-corrected chi connectivity index (χ1v) is 9.70. The van der Waals surface area contributed by atoms with Gasteiger partial charge in [-0.3, -0.25) is 15.0 Å². The van der Waals surface area contributed by atoms with Crippen LogP contribution in [0.3, 0.4) is 0 Å². The number of hydrogen-bond acceptors (Lipinski definition) is 6. The minimum atomic E-state index is -3.49. The summed E-state index contributed by atoms with van der Waals surface area (Å²) in [6.07, 6.45) is 0. The maximum Gasteiger partial charge on any atom is 0.312 e. The van der Waals surface area contributed by atoms with Crippen LogP contribution < -0.4 is 0 Å². The molecule has 1 aliphatic heterocycles. The Morgan fingerprint density at radius 3 is 2.27 bits per heavy atom. The smallest absolute Gasteiger partial charge is 0.282 e. The minimum Gasteiger partial charge on any atom is -0.282 e. The highest BCUT2D eigenvalue weighted by molar-refractivity contribution is 7.89. The van der Waals surface area contributed by atoms with Gasteiger partial charge in [0.15, 0.2) is 0 Å². The molecule has 0 radical (unpaired) electrons. The standard InChI is InChI=1S/C16H21N5O4S/c1-13-16(21(22)23)14(2)20(17-13)12-18-8-10-19(11-9-18)26(24,25)15-6-4-3-5-7-15/h3-7H,8-12H2,1-2H3. The summed E-state index contributed by atoms with van der Waals surface area (Å²) in [6, 6.07) is 8.38. The lowest BCUT2D eigenvalue weighted by Crippen LogP contribution is -2.49. The summed E-state index contributed by atoms with van der Waals surface area (Å²) in [5.41, 5.74) is 0.930. The Balaban J connectivity index is 1.66. The highest BCUT2D eigenvalue weighted by Crippen LogP contribution is 2.23. The third kappa shape index (κ3) is 3.48. The highest BCUT2D eigenvalue weighted by Gasteiger charge is 2.29. The zero-order valence-electron chi connectivity index (χ0n) is 14.7. The summed E-state index contributed by atoms with van der Waals surface area (Å²) in [5, 5.41) is 15.3. The van der Waals surface area contributed by atoms with Crippen molar-refractivity contribution < 1.29 is 13.3 Å². The zero-order chi connectivity index (χ0) is 18.9. The molecule has 2 aromatic rings. The maximum absolute atomic E-state index is 12.6. The molecule has 26 heavy (non-hydrogen) atoms. The van der Waals surface area contributed by atoms with Gasteiger partial charge >= 0.3 is 5.69 Å². The van der Waals surface area contributed by atoms with Crippen LogP contribution in [0, 0.1) is 24.0 Å². The van der Waals surface area contributed by atoms with E-state index in [2.05, 4.69) is 5.10 Å². The van der Waals surface area contributed by atoms with Crippen molar-refractivity contribution in [3.05, 3.63) is 51.8 Å². The van der Waals surface area contributed by atoms with Crippen molar-refractivity contribution in [2.45, 2.75) is 25.4 Å². The summed E-state index contributed by atoms with van der Waals surface area (Å²) in [6.45, 7) is 5.52. The second kappa shape index (κ2) is 7.14. The van der Waals surface area contributed by atoms with Gasteiger partial charge in [-0.2, -0.15) is 9.40 Å². The van der Waals surface area contributed by atoms with Gasteiger partial charge in [0.1, 0.15) is 11.4 Å². The quantitative estimate of drug-likeness (QED) is 0.574. The fraction of sp³-hybridized carbons (Fsp3) is 0.438. The van der Waals surface area contributed by atoms with Crippen LogP contribution in [0.15, 0.2) is 35.2 Å². The number of piperazine rings is 1. The second-order valence-electron chi connectivity index (χ2n) is 6.25. The third-order valence-corrected chi connectivity index (χ3v) is 6.48. The van der Waals surface area contributed by atoms with Gasteiger partial charge in [0.05, 0.1) is 16.5 Å². The number of rotatable bonds is 5. The Labute approximate surface area is 152 Å². The monoisotopic (exact) mass is 379 g/mol. The molecule has 9 nitrogen and oxygen atoms in total. The number of benzene rings is 1. The van der Waals surface area contributed by atoms with E-state index in [1.807, 2.05) is 4.90 Å². The molecule has 1 aromatic carbocycles. The van der Waals surface area contributed by atoms with E-state index in [-0.39, 0.29) is 5.69 Å². The molecule has 0 N–H and O–H groups in total. The van der Waals surface area contributed by atoms with Crippen molar-refractivity contribution in [2.24, 2.45) is 0 Å². The first kappa shape index (κ1) is 18.5. The molecular formula is C16H21N5O4S. The number of aromatic nitrogens is 2. The molecule has 2 heterocycles. The Morgan fingerprint density at radius 2 is 1.73 bits per heavy atom. The summed E-state index contributed by atoms with van der Waals surface area (Å²) in [5.74, 6) is 0. The molecule has 0 saturated carbocycles. The summed E-state index contributed by atoms with van der Waals surface area (Å²) in [7, 11) is -3.49. The molecule has 0 aliphatic carbocycles. The molecule has 1 fully saturated rings. The number of aryl methyl sites for hydroxylation is 1. The van der Waals surface area contributed by atoms with E-state index in [1.54, 1.807) is 48.9 Å². The van der Waals surface area contributed by atoms with Crippen LogP contribution >= 0.6 is 0 Å². The molecule has 0 amide bonds. The van der Waals surface area contributed by atoms with Crippen molar-refractivity contribution in [1.82, 2.24) is 19.0 Å². The number of hydrogen-bond donors (Lipinski definition) is 0. The van der Waals surface area contributed by atoms with Crippen LogP contribution in [-0.2, 0) is 16.7 Å². The SMILES string of the molecule is Cc1nn(CN2CCN(S(=O)(=O)c3ccccc3)CC2)c(C)c1[N+](=O)[O-].